The summed E-state index contributed by atoms with van der Waals surface area (Å²) in [5.41, 5.74) is 0.0839. The Morgan fingerprint density at radius 2 is 1.61 bits per heavy atom. The van der Waals surface area contributed by atoms with E-state index in [9.17, 15) is 10.2 Å². The topological polar surface area (TPSA) is 58.9 Å². The molecule has 31 heavy (non-hydrogen) atoms. The number of ether oxygens (including phenoxy) is 2. The van der Waals surface area contributed by atoms with Gasteiger partial charge in [-0.05, 0) is 105 Å². The van der Waals surface area contributed by atoms with Crippen molar-refractivity contribution in [1.82, 2.24) is 0 Å². The lowest BCUT2D eigenvalue weighted by Gasteiger charge is -2.61. The van der Waals surface area contributed by atoms with Crippen LogP contribution in [0.25, 0.3) is 0 Å². The maximum absolute atomic E-state index is 10.4. The van der Waals surface area contributed by atoms with E-state index in [4.69, 9.17) is 9.47 Å². The van der Waals surface area contributed by atoms with E-state index in [0.717, 1.165) is 49.4 Å². The summed E-state index contributed by atoms with van der Waals surface area (Å²) in [7, 11) is 0. The van der Waals surface area contributed by atoms with Gasteiger partial charge in [0.2, 0.25) is 0 Å². The molecule has 0 aromatic carbocycles. The first-order valence-corrected chi connectivity index (χ1v) is 13.3. The summed E-state index contributed by atoms with van der Waals surface area (Å²) in [5, 5.41) is 20.7. The van der Waals surface area contributed by atoms with Crippen LogP contribution < -0.4 is 0 Å². The van der Waals surface area contributed by atoms with Gasteiger partial charge in [0.25, 0.3) is 0 Å². The second-order valence-electron chi connectivity index (χ2n) is 13.4. The molecule has 2 heterocycles. The predicted molar refractivity (Wildman–Crippen MR) is 119 cm³/mol. The van der Waals surface area contributed by atoms with Crippen LogP contribution in [-0.4, -0.2) is 40.4 Å². The van der Waals surface area contributed by atoms with Crippen LogP contribution in [0.1, 0.15) is 91.9 Å². The first kappa shape index (κ1) is 21.4. The zero-order chi connectivity index (χ0) is 21.8. The van der Waals surface area contributed by atoms with Gasteiger partial charge >= 0.3 is 0 Å². The van der Waals surface area contributed by atoms with Crippen LogP contribution >= 0.6 is 0 Å². The summed E-state index contributed by atoms with van der Waals surface area (Å²) in [6.45, 7) is 9.84. The third-order valence-electron chi connectivity index (χ3n) is 11.9. The average molecular weight is 433 g/mol. The number of fused-ring (bicyclic) bond motifs is 7. The highest BCUT2D eigenvalue weighted by molar-refractivity contribution is 5.15. The molecule has 2 saturated heterocycles. The van der Waals surface area contributed by atoms with E-state index < -0.39 is 11.4 Å². The minimum absolute atomic E-state index is 0.0592. The Bertz CT molecular complexity index is 725. The summed E-state index contributed by atoms with van der Waals surface area (Å²) >= 11 is 0. The fourth-order valence-electron chi connectivity index (χ4n) is 10.2. The summed E-state index contributed by atoms with van der Waals surface area (Å²) in [5.74, 6) is 3.69. The molecular formula is C27H44O4. The van der Waals surface area contributed by atoms with Gasteiger partial charge in [-0.15, -0.1) is 0 Å². The zero-order valence-electron chi connectivity index (χ0n) is 20.1. The molecule has 0 aromatic heterocycles. The smallest absolute Gasteiger partial charge is 0.171 e. The highest BCUT2D eigenvalue weighted by Gasteiger charge is 2.69. The van der Waals surface area contributed by atoms with Gasteiger partial charge in [-0.3, -0.25) is 0 Å². The van der Waals surface area contributed by atoms with Crippen LogP contribution in [0.15, 0.2) is 0 Å². The molecule has 0 radical (unpaired) electrons. The normalized spacial score (nSPS) is 63.3. The van der Waals surface area contributed by atoms with Crippen molar-refractivity contribution in [1.29, 1.82) is 0 Å². The van der Waals surface area contributed by atoms with Crippen LogP contribution in [0.4, 0.5) is 0 Å². The Kier molecular flexibility index (Phi) is 4.62. The minimum Gasteiger partial charge on any atom is -0.393 e. The number of hydrogen-bond donors (Lipinski definition) is 2. The fourth-order valence-corrected chi connectivity index (χ4v) is 10.2. The second-order valence-corrected chi connectivity index (χ2v) is 13.4. The third kappa shape index (κ3) is 2.87. The number of aliphatic hydroxyl groups is 2. The van der Waals surface area contributed by atoms with Crippen LogP contribution in [0, 0.1) is 46.3 Å². The van der Waals surface area contributed by atoms with E-state index in [2.05, 4.69) is 20.8 Å². The van der Waals surface area contributed by atoms with E-state index in [1.807, 2.05) is 6.92 Å². The van der Waals surface area contributed by atoms with Gasteiger partial charge in [-0.1, -0.05) is 20.8 Å². The maximum atomic E-state index is 10.4. The number of rotatable bonds is 0. The molecule has 6 aliphatic rings. The second kappa shape index (κ2) is 6.71. The van der Waals surface area contributed by atoms with Crippen LogP contribution in [0.3, 0.4) is 0 Å². The van der Waals surface area contributed by atoms with Crippen molar-refractivity contribution in [3.8, 4) is 0 Å². The first-order valence-electron chi connectivity index (χ1n) is 13.3. The van der Waals surface area contributed by atoms with E-state index in [1.54, 1.807) is 0 Å². The minimum atomic E-state index is -0.710. The van der Waals surface area contributed by atoms with Crippen molar-refractivity contribution in [3.05, 3.63) is 0 Å². The fraction of sp³-hybridized carbons (Fsp3) is 1.00. The molecule has 0 aromatic rings. The predicted octanol–water partition coefficient (Wildman–Crippen LogP) is 4.91. The Labute approximate surface area is 188 Å². The van der Waals surface area contributed by atoms with Gasteiger partial charge in [0.05, 0.1) is 24.4 Å². The lowest BCUT2D eigenvalue weighted by Crippen LogP contribution is -2.55. The summed E-state index contributed by atoms with van der Waals surface area (Å²) in [6, 6.07) is 0. The standard InChI is InChI=1S/C27H44O4/c1-16-23-22(31-27(16)12-11-24(2,29)15-30-27)14-21-19-6-5-17-13-18(28)7-9-25(17,3)20(19)8-10-26(21,23)4/h16-23,28-29H,5-15H2,1-4H3/t16-,17-,18-,19+,20-,21-,22-,23-,24+,25-,26-,27+/m0/s1. The van der Waals surface area contributed by atoms with Crippen LogP contribution in [0.2, 0.25) is 0 Å². The monoisotopic (exact) mass is 432 g/mol. The molecule has 4 saturated carbocycles. The summed E-state index contributed by atoms with van der Waals surface area (Å²) in [4.78, 5) is 0. The van der Waals surface area contributed by atoms with E-state index in [0.29, 0.717) is 35.4 Å². The highest BCUT2D eigenvalue weighted by Crippen LogP contribution is 2.71. The quantitative estimate of drug-likeness (QED) is 0.571. The molecule has 0 amide bonds. The Morgan fingerprint density at radius 3 is 2.35 bits per heavy atom. The molecule has 4 aliphatic carbocycles. The molecular weight excluding hydrogens is 388 g/mol. The molecule has 4 heteroatoms. The van der Waals surface area contributed by atoms with E-state index >= 15 is 0 Å². The third-order valence-corrected chi connectivity index (χ3v) is 11.9. The molecule has 6 fully saturated rings. The molecule has 12 atom stereocenters. The highest BCUT2D eigenvalue weighted by atomic mass is 16.7. The molecule has 2 N–H and O–H groups in total. The molecule has 0 unspecified atom stereocenters. The lowest BCUT2D eigenvalue weighted by atomic mass is 9.44. The lowest BCUT2D eigenvalue weighted by molar-refractivity contribution is -0.294. The maximum Gasteiger partial charge on any atom is 0.171 e. The van der Waals surface area contributed by atoms with Crippen LogP contribution in [0.5, 0.6) is 0 Å². The van der Waals surface area contributed by atoms with Crippen molar-refractivity contribution in [3.63, 3.8) is 0 Å². The molecule has 6 rings (SSSR count). The van der Waals surface area contributed by atoms with Gasteiger partial charge in [0, 0.05) is 12.3 Å². The van der Waals surface area contributed by atoms with Gasteiger partial charge in [-0.2, -0.15) is 0 Å². The number of hydrogen-bond acceptors (Lipinski definition) is 4. The Morgan fingerprint density at radius 1 is 0.839 bits per heavy atom. The van der Waals surface area contributed by atoms with Gasteiger partial charge in [0.1, 0.15) is 0 Å². The largest absolute Gasteiger partial charge is 0.393 e. The van der Waals surface area contributed by atoms with Crippen molar-refractivity contribution in [2.75, 3.05) is 6.61 Å². The van der Waals surface area contributed by atoms with Crippen molar-refractivity contribution >= 4 is 0 Å². The summed E-state index contributed by atoms with van der Waals surface area (Å²) < 4.78 is 13.2. The SMILES string of the molecule is C[C@H]1[C@H]2[C@H](C[C@H]3[C@@H]4CC[C@H]5C[C@@H](O)CC[C@]5(C)[C@H]4CC[C@]23C)O[C@]12CC[C@@](C)(O)CO2. The van der Waals surface area contributed by atoms with Gasteiger partial charge in [-0.25, -0.2) is 0 Å². The van der Waals surface area contributed by atoms with Crippen LogP contribution in [-0.2, 0) is 9.47 Å². The Hall–Kier alpha value is -0.160. The average Bonchev–Trinajstić information content (AvgIpc) is 3.16. The summed E-state index contributed by atoms with van der Waals surface area (Å²) in [6.07, 6.45) is 11.7. The van der Waals surface area contributed by atoms with Gasteiger partial charge < -0.3 is 19.7 Å². The molecule has 176 valence electrons. The first-order chi connectivity index (χ1) is 14.6. The molecule has 0 bridgehead atoms. The molecule has 4 nitrogen and oxygen atoms in total. The zero-order valence-corrected chi connectivity index (χ0v) is 20.1. The van der Waals surface area contributed by atoms with E-state index in [-0.39, 0.29) is 6.10 Å². The van der Waals surface area contributed by atoms with Crippen molar-refractivity contribution in [2.24, 2.45) is 46.3 Å². The van der Waals surface area contributed by atoms with Crippen molar-refractivity contribution in [2.45, 2.75) is 115 Å². The Balaban J connectivity index is 1.25. The van der Waals surface area contributed by atoms with Crippen molar-refractivity contribution < 1.29 is 19.7 Å². The number of aliphatic hydroxyl groups excluding tert-OH is 1. The molecule has 2 aliphatic heterocycles. The van der Waals surface area contributed by atoms with Gasteiger partial charge in [0.15, 0.2) is 5.79 Å². The van der Waals surface area contributed by atoms with E-state index in [1.165, 1.54) is 38.5 Å². The molecule has 1 spiro atoms.